The molecule has 2 N–H and O–H groups in total. The summed E-state index contributed by atoms with van der Waals surface area (Å²) < 4.78 is 0. The highest BCUT2D eigenvalue weighted by Gasteiger charge is 1.99. The van der Waals surface area contributed by atoms with Crippen molar-refractivity contribution in [1.82, 2.24) is 10.4 Å². The standard InChI is InChI=1S/C14H14N4S/c1-11(13-9-5-6-10-15-13)17-18-14(19)16-12-7-3-2-4-8-12/h2-10H,1H3,(H2,16,18,19)/b17-11-. The first-order chi connectivity index (χ1) is 9.25. The lowest BCUT2D eigenvalue weighted by atomic mass is 10.3. The minimum absolute atomic E-state index is 0.446. The largest absolute Gasteiger partial charge is 0.331 e. The lowest BCUT2D eigenvalue weighted by molar-refractivity contribution is 1.03. The fraction of sp³-hybridized carbons (Fsp3) is 0.0714. The molecule has 0 aliphatic heterocycles. The molecule has 0 unspecified atom stereocenters. The molecule has 0 spiro atoms. The molecule has 0 saturated carbocycles. The third-order valence-electron chi connectivity index (χ3n) is 2.39. The van der Waals surface area contributed by atoms with Gasteiger partial charge < -0.3 is 5.32 Å². The zero-order chi connectivity index (χ0) is 13.5. The molecule has 0 amide bonds. The second-order valence-corrected chi connectivity index (χ2v) is 4.25. The van der Waals surface area contributed by atoms with Crippen molar-refractivity contribution in [2.75, 3.05) is 5.32 Å². The highest BCUT2D eigenvalue weighted by molar-refractivity contribution is 7.80. The van der Waals surface area contributed by atoms with Crippen LogP contribution in [0.25, 0.3) is 0 Å². The van der Waals surface area contributed by atoms with Crippen molar-refractivity contribution in [3.8, 4) is 0 Å². The summed E-state index contributed by atoms with van der Waals surface area (Å²) in [7, 11) is 0. The number of pyridine rings is 1. The second-order valence-electron chi connectivity index (χ2n) is 3.84. The normalized spacial score (nSPS) is 10.9. The van der Waals surface area contributed by atoms with Crippen LogP contribution < -0.4 is 10.7 Å². The summed E-state index contributed by atoms with van der Waals surface area (Å²) in [6.45, 7) is 1.88. The van der Waals surface area contributed by atoms with Gasteiger partial charge in [-0.05, 0) is 43.4 Å². The maximum Gasteiger partial charge on any atom is 0.191 e. The van der Waals surface area contributed by atoms with Crippen LogP contribution in [0.5, 0.6) is 0 Å². The number of nitrogens with zero attached hydrogens (tertiary/aromatic N) is 2. The van der Waals surface area contributed by atoms with Crippen LogP contribution in [-0.2, 0) is 0 Å². The Kier molecular flexibility index (Phi) is 4.58. The van der Waals surface area contributed by atoms with Crippen molar-refractivity contribution < 1.29 is 0 Å². The number of thiocarbonyl (C=S) groups is 1. The van der Waals surface area contributed by atoms with E-state index in [2.05, 4.69) is 20.8 Å². The molecule has 0 saturated heterocycles. The van der Waals surface area contributed by atoms with Crippen LogP contribution in [0.3, 0.4) is 0 Å². The first-order valence-corrected chi connectivity index (χ1v) is 6.24. The molecule has 0 atom stereocenters. The average molecular weight is 270 g/mol. The number of hydrogen-bond donors (Lipinski definition) is 2. The zero-order valence-electron chi connectivity index (χ0n) is 10.5. The molecule has 0 bridgehead atoms. The van der Waals surface area contributed by atoms with Crippen LogP contribution in [0.1, 0.15) is 12.6 Å². The van der Waals surface area contributed by atoms with Crippen molar-refractivity contribution in [1.29, 1.82) is 0 Å². The molecule has 0 aliphatic rings. The van der Waals surface area contributed by atoms with E-state index in [0.29, 0.717) is 5.11 Å². The van der Waals surface area contributed by atoms with Crippen molar-refractivity contribution in [2.45, 2.75) is 6.92 Å². The number of hydrazone groups is 1. The van der Waals surface area contributed by atoms with E-state index < -0.39 is 0 Å². The lowest BCUT2D eigenvalue weighted by Gasteiger charge is -2.07. The second kappa shape index (κ2) is 6.61. The van der Waals surface area contributed by atoms with Gasteiger partial charge in [-0.15, -0.1) is 0 Å². The predicted octanol–water partition coefficient (Wildman–Crippen LogP) is 2.79. The van der Waals surface area contributed by atoms with Crippen LogP contribution in [-0.4, -0.2) is 15.8 Å². The molecule has 4 nitrogen and oxygen atoms in total. The van der Waals surface area contributed by atoms with Crippen molar-refractivity contribution in [3.05, 3.63) is 60.4 Å². The Bertz CT molecular complexity index is 567. The smallest absolute Gasteiger partial charge is 0.191 e. The van der Waals surface area contributed by atoms with Gasteiger partial charge in [-0.2, -0.15) is 5.10 Å². The van der Waals surface area contributed by atoms with Gasteiger partial charge in [0.15, 0.2) is 5.11 Å². The molecule has 2 aromatic rings. The number of anilines is 1. The number of nitrogens with one attached hydrogen (secondary N) is 2. The van der Waals surface area contributed by atoms with Gasteiger partial charge in [0, 0.05) is 11.9 Å². The maximum absolute atomic E-state index is 5.15. The van der Waals surface area contributed by atoms with Gasteiger partial charge in [0.1, 0.15) is 0 Å². The van der Waals surface area contributed by atoms with Gasteiger partial charge in [-0.25, -0.2) is 0 Å². The lowest BCUT2D eigenvalue weighted by Crippen LogP contribution is -2.25. The molecule has 1 aromatic heterocycles. The third kappa shape index (κ3) is 4.15. The Balaban J connectivity index is 1.93. The Hall–Kier alpha value is -2.27. The molecule has 19 heavy (non-hydrogen) atoms. The third-order valence-corrected chi connectivity index (χ3v) is 2.59. The Morgan fingerprint density at radius 1 is 1.11 bits per heavy atom. The monoisotopic (exact) mass is 270 g/mol. The minimum atomic E-state index is 0.446. The fourth-order valence-corrected chi connectivity index (χ4v) is 1.61. The highest BCUT2D eigenvalue weighted by Crippen LogP contribution is 2.04. The Labute approximate surface area is 117 Å². The average Bonchev–Trinajstić information content (AvgIpc) is 2.47. The van der Waals surface area contributed by atoms with E-state index in [1.807, 2.05) is 55.5 Å². The van der Waals surface area contributed by atoms with Crippen LogP contribution in [0, 0.1) is 0 Å². The van der Waals surface area contributed by atoms with Crippen molar-refractivity contribution in [3.63, 3.8) is 0 Å². The number of para-hydroxylation sites is 1. The maximum atomic E-state index is 5.15. The highest BCUT2D eigenvalue weighted by atomic mass is 32.1. The van der Waals surface area contributed by atoms with E-state index in [4.69, 9.17) is 12.2 Å². The summed E-state index contributed by atoms with van der Waals surface area (Å²) in [4.78, 5) is 4.21. The van der Waals surface area contributed by atoms with Gasteiger partial charge in [0.25, 0.3) is 0 Å². The number of hydrogen-bond acceptors (Lipinski definition) is 3. The molecule has 1 aromatic carbocycles. The van der Waals surface area contributed by atoms with E-state index in [0.717, 1.165) is 17.1 Å². The summed E-state index contributed by atoms with van der Waals surface area (Å²) in [6, 6.07) is 15.4. The summed E-state index contributed by atoms with van der Waals surface area (Å²) in [5.74, 6) is 0. The predicted molar refractivity (Wildman–Crippen MR) is 82.2 cm³/mol. The summed E-state index contributed by atoms with van der Waals surface area (Å²) >= 11 is 5.15. The molecular formula is C14H14N4S. The van der Waals surface area contributed by atoms with Crippen LogP contribution >= 0.6 is 12.2 Å². The zero-order valence-corrected chi connectivity index (χ0v) is 11.3. The molecule has 96 valence electrons. The van der Waals surface area contributed by atoms with Crippen LogP contribution in [0.2, 0.25) is 0 Å². The minimum Gasteiger partial charge on any atom is -0.331 e. The van der Waals surface area contributed by atoms with E-state index in [1.165, 1.54) is 0 Å². The van der Waals surface area contributed by atoms with E-state index >= 15 is 0 Å². The van der Waals surface area contributed by atoms with Gasteiger partial charge >= 0.3 is 0 Å². The van der Waals surface area contributed by atoms with E-state index in [9.17, 15) is 0 Å². The number of aromatic nitrogens is 1. The van der Waals surface area contributed by atoms with E-state index in [-0.39, 0.29) is 0 Å². The Morgan fingerprint density at radius 2 is 1.84 bits per heavy atom. The van der Waals surface area contributed by atoms with Crippen molar-refractivity contribution >= 4 is 28.7 Å². The quantitative estimate of drug-likeness (QED) is 0.511. The van der Waals surface area contributed by atoms with Crippen LogP contribution in [0.4, 0.5) is 5.69 Å². The number of rotatable bonds is 3. The first-order valence-electron chi connectivity index (χ1n) is 5.83. The van der Waals surface area contributed by atoms with Gasteiger partial charge in [-0.3, -0.25) is 10.4 Å². The molecule has 1 heterocycles. The van der Waals surface area contributed by atoms with E-state index in [1.54, 1.807) is 6.20 Å². The molecule has 2 rings (SSSR count). The molecule has 5 heteroatoms. The molecule has 0 aliphatic carbocycles. The topological polar surface area (TPSA) is 49.3 Å². The van der Waals surface area contributed by atoms with Gasteiger partial charge in [0.2, 0.25) is 0 Å². The fourth-order valence-electron chi connectivity index (χ4n) is 1.45. The van der Waals surface area contributed by atoms with Gasteiger partial charge in [0.05, 0.1) is 11.4 Å². The SMILES string of the molecule is C/C(=N/NC(=S)Nc1ccccc1)c1ccccn1. The summed E-state index contributed by atoms with van der Waals surface area (Å²) in [5, 5.41) is 7.68. The number of benzene rings is 1. The molecule has 0 radical (unpaired) electrons. The first kappa shape index (κ1) is 13.2. The summed E-state index contributed by atoms with van der Waals surface area (Å²) in [5.41, 5.74) is 5.31. The Morgan fingerprint density at radius 3 is 2.53 bits per heavy atom. The molecule has 0 fully saturated rings. The van der Waals surface area contributed by atoms with Gasteiger partial charge in [-0.1, -0.05) is 24.3 Å². The van der Waals surface area contributed by atoms with Crippen molar-refractivity contribution in [2.24, 2.45) is 5.10 Å². The summed E-state index contributed by atoms with van der Waals surface area (Å²) in [6.07, 6.45) is 1.73. The van der Waals surface area contributed by atoms with Crippen LogP contribution in [0.15, 0.2) is 59.8 Å². The molecular weight excluding hydrogens is 256 g/mol.